The van der Waals surface area contributed by atoms with E-state index < -0.39 is 0 Å². The molecule has 0 aliphatic heterocycles. The van der Waals surface area contributed by atoms with Crippen LogP contribution in [0.25, 0.3) is 33.7 Å². The van der Waals surface area contributed by atoms with Crippen LogP contribution in [0.15, 0.2) is 76.5 Å². The van der Waals surface area contributed by atoms with Crippen molar-refractivity contribution in [3.8, 4) is 28.5 Å². The molecule has 9 heteroatoms. The highest BCUT2D eigenvalue weighted by Crippen LogP contribution is 2.29. The zero-order chi connectivity index (χ0) is 22.9. The molecule has 0 aliphatic carbocycles. The predicted octanol–water partition coefficient (Wildman–Crippen LogP) is 5.50. The van der Waals surface area contributed by atoms with Crippen molar-refractivity contribution in [1.29, 1.82) is 0 Å². The maximum Gasteiger partial charge on any atom is 0.291 e. The van der Waals surface area contributed by atoms with Crippen LogP contribution in [0.1, 0.15) is 5.76 Å². The molecule has 0 saturated heterocycles. The second-order valence-corrected chi connectivity index (χ2v) is 8.82. The molecule has 5 aromatic rings. The van der Waals surface area contributed by atoms with Crippen LogP contribution in [0.4, 0.5) is 0 Å². The Morgan fingerprint density at radius 1 is 1.06 bits per heavy atom. The maximum atomic E-state index is 12.8. The molecule has 0 bridgehead atoms. The van der Waals surface area contributed by atoms with Gasteiger partial charge in [-0.05, 0) is 54.6 Å². The minimum atomic E-state index is -0.257. The summed E-state index contributed by atoms with van der Waals surface area (Å²) in [5.74, 6) is 2.35. The van der Waals surface area contributed by atoms with Gasteiger partial charge < -0.3 is 9.15 Å². The van der Waals surface area contributed by atoms with Gasteiger partial charge in [0, 0.05) is 17.2 Å². The van der Waals surface area contributed by atoms with E-state index in [0.29, 0.717) is 43.5 Å². The van der Waals surface area contributed by atoms with Gasteiger partial charge >= 0.3 is 0 Å². The first-order valence-corrected chi connectivity index (χ1v) is 11.4. The van der Waals surface area contributed by atoms with Gasteiger partial charge in [0.15, 0.2) is 5.82 Å². The molecule has 6 nitrogen and oxygen atoms in total. The van der Waals surface area contributed by atoms with E-state index >= 15 is 0 Å². The van der Waals surface area contributed by atoms with E-state index in [1.54, 1.807) is 30.4 Å². The van der Waals surface area contributed by atoms with Crippen molar-refractivity contribution in [2.45, 2.75) is 0 Å². The number of halogens is 2. The zero-order valence-corrected chi connectivity index (χ0v) is 19.3. The standard InChI is InChI=1S/C24H15Cl2N3O3S/c1-2-11-31-16-6-3-14(4-7-16)22-27-24-29(28-22)23(30)21(33-24)13-17-8-10-20(32-17)15-5-9-18(25)19(26)12-15/h2-10,12-13H,1,11H2. The van der Waals surface area contributed by atoms with Gasteiger partial charge in [0.2, 0.25) is 4.96 Å². The van der Waals surface area contributed by atoms with Crippen LogP contribution in [0.2, 0.25) is 10.0 Å². The third kappa shape index (κ3) is 4.30. The summed E-state index contributed by atoms with van der Waals surface area (Å²) in [6.45, 7) is 4.06. The number of hydrogen-bond donors (Lipinski definition) is 0. The fourth-order valence-corrected chi connectivity index (χ4v) is 4.36. The zero-order valence-electron chi connectivity index (χ0n) is 17.0. The lowest BCUT2D eigenvalue weighted by Gasteiger charge is -2.02. The molecule has 0 saturated carbocycles. The van der Waals surface area contributed by atoms with E-state index in [-0.39, 0.29) is 5.56 Å². The summed E-state index contributed by atoms with van der Waals surface area (Å²) in [6.07, 6.45) is 3.36. The van der Waals surface area contributed by atoms with Crippen LogP contribution in [0.5, 0.6) is 5.75 Å². The van der Waals surface area contributed by atoms with Crippen LogP contribution in [-0.2, 0) is 0 Å². The van der Waals surface area contributed by atoms with Crippen LogP contribution >= 0.6 is 34.5 Å². The number of ether oxygens (including phenoxy) is 1. The molecular weight excluding hydrogens is 481 g/mol. The van der Waals surface area contributed by atoms with E-state index in [1.165, 1.54) is 15.9 Å². The summed E-state index contributed by atoms with van der Waals surface area (Å²) in [7, 11) is 0. The van der Waals surface area contributed by atoms with Crippen LogP contribution in [0.3, 0.4) is 0 Å². The van der Waals surface area contributed by atoms with Gasteiger partial charge in [-0.2, -0.15) is 9.50 Å². The quantitative estimate of drug-likeness (QED) is 0.291. The Balaban J connectivity index is 1.43. The van der Waals surface area contributed by atoms with Gasteiger partial charge in [-0.15, -0.1) is 5.10 Å². The van der Waals surface area contributed by atoms with Gasteiger partial charge in [0.1, 0.15) is 28.4 Å². The lowest BCUT2D eigenvalue weighted by Crippen LogP contribution is -2.23. The molecule has 0 N–H and O–H groups in total. The van der Waals surface area contributed by atoms with Crippen LogP contribution in [-0.4, -0.2) is 21.2 Å². The SMILES string of the molecule is C=CCOc1ccc(-c2nc3sc(=Cc4ccc(-c5ccc(Cl)c(Cl)c5)o4)c(=O)n3n2)cc1. The molecule has 5 rings (SSSR count). The first-order chi connectivity index (χ1) is 16.0. The van der Waals surface area contributed by atoms with Crippen molar-refractivity contribution in [3.05, 3.63) is 97.9 Å². The molecule has 0 atom stereocenters. The smallest absolute Gasteiger partial charge is 0.291 e. The molecule has 3 aromatic heterocycles. The third-order valence-corrected chi connectivity index (χ3v) is 6.46. The van der Waals surface area contributed by atoms with Gasteiger partial charge in [-0.25, -0.2) is 0 Å². The second kappa shape index (κ2) is 8.86. The molecular formula is C24H15Cl2N3O3S. The predicted molar refractivity (Wildman–Crippen MR) is 131 cm³/mol. The molecule has 2 aromatic carbocycles. The molecule has 164 valence electrons. The number of hydrogen-bond acceptors (Lipinski definition) is 6. The molecule has 3 heterocycles. The number of fused-ring (bicyclic) bond motifs is 1. The Morgan fingerprint density at radius 2 is 1.85 bits per heavy atom. The van der Waals surface area contributed by atoms with Gasteiger partial charge in [0.25, 0.3) is 5.56 Å². The fraction of sp³-hybridized carbons (Fsp3) is 0.0417. The summed E-state index contributed by atoms with van der Waals surface area (Å²) in [5, 5.41) is 5.29. The normalized spacial score (nSPS) is 11.9. The van der Waals surface area contributed by atoms with Crippen LogP contribution < -0.4 is 14.8 Å². The van der Waals surface area contributed by atoms with Crippen molar-refractivity contribution in [1.82, 2.24) is 14.6 Å². The van der Waals surface area contributed by atoms with Crippen molar-refractivity contribution in [3.63, 3.8) is 0 Å². The fourth-order valence-electron chi connectivity index (χ4n) is 3.18. The third-order valence-electron chi connectivity index (χ3n) is 4.77. The largest absolute Gasteiger partial charge is 0.490 e. The van der Waals surface area contributed by atoms with E-state index in [2.05, 4.69) is 16.7 Å². The van der Waals surface area contributed by atoms with E-state index in [4.69, 9.17) is 32.4 Å². The number of furan rings is 1. The van der Waals surface area contributed by atoms with Crippen molar-refractivity contribution in [2.24, 2.45) is 0 Å². The van der Waals surface area contributed by atoms with E-state index in [0.717, 1.165) is 16.9 Å². The second-order valence-electron chi connectivity index (χ2n) is 7.00. The molecule has 0 aliphatic rings. The maximum absolute atomic E-state index is 12.8. The van der Waals surface area contributed by atoms with E-state index in [9.17, 15) is 4.79 Å². The lowest BCUT2D eigenvalue weighted by atomic mass is 10.2. The highest BCUT2D eigenvalue weighted by atomic mass is 35.5. The molecule has 0 fully saturated rings. The Morgan fingerprint density at radius 3 is 2.58 bits per heavy atom. The highest BCUT2D eigenvalue weighted by molar-refractivity contribution is 7.15. The van der Waals surface area contributed by atoms with Crippen molar-refractivity contribution >= 4 is 45.6 Å². The van der Waals surface area contributed by atoms with Gasteiger partial charge in [-0.1, -0.05) is 47.2 Å². The molecule has 0 radical (unpaired) electrons. The Bertz CT molecular complexity index is 1590. The molecule has 0 amide bonds. The Labute approximate surface area is 202 Å². The van der Waals surface area contributed by atoms with Crippen molar-refractivity contribution < 1.29 is 9.15 Å². The lowest BCUT2D eigenvalue weighted by molar-refractivity contribution is 0.363. The summed E-state index contributed by atoms with van der Waals surface area (Å²) in [5.41, 5.74) is 1.32. The first-order valence-electron chi connectivity index (χ1n) is 9.82. The topological polar surface area (TPSA) is 69.6 Å². The summed E-state index contributed by atoms with van der Waals surface area (Å²) in [6, 6.07) is 16.2. The number of rotatable bonds is 6. The highest BCUT2D eigenvalue weighted by Gasteiger charge is 2.13. The van der Waals surface area contributed by atoms with Gasteiger partial charge in [-0.3, -0.25) is 4.79 Å². The van der Waals surface area contributed by atoms with E-state index in [1.807, 2.05) is 36.4 Å². The summed E-state index contributed by atoms with van der Waals surface area (Å²) >= 11 is 13.3. The Kier molecular flexibility index (Phi) is 5.76. The monoisotopic (exact) mass is 495 g/mol. The minimum Gasteiger partial charge on any atom is -0.490 e. The summed E-state index contributed by atoms with van der Waals surface area (Å²) < 4.78 is 13.1. The first kappa shape index (κ1) is 21.5. The average Bonchev–Trinajstić information content (AvgIpc) is 3.52. The minimum absolute atomic E-state index is 0.257. The number of aromatic nitrogens is 3. The number of nitrogens with zero attached hydrogens (tertiary/aromatic N) is 3. The summed E-state index contributed by atoms with van der Waals surface area (Å²) in [4.78, 5) is 17.9. The molecule has 0 spiro atoms. The van der Waals surface area contributed by atoms with Crippen molar-refractivity contribution in [2.75, 3.05) is 6.61 Å². The number of thiazole rings is 1. The van der Waals surface area contributed by atoms with Gasteiger partial charge in [0.05, 0.1) is 10.0 Å². The molecule has 33 heavy (non-hydrogen) atoms. The average molecular weight is 496 g/mol. The Hall–Kier alpha value is -3.39. The number of benzene rings is 2. The van der Waals surface area contributed by atoms with Crippen LogP contribution in [0, 0.1) is 0 Å². The molecule has 0 unspecified atom stereocenters.